The molecule has 3 aliphatic rings. The van der Waals surface area contributed by atoms with Gasteiger partial charge in [0.1, 0.15) is 0 Å². The first-order chi connectivity index (χ1) is 13.2. The molecule has 5 rings (SSSR count). The minimum absolute atomic E-state index is 0.211. The standard InChI is InChI=1S/C18H20F3N5O2/c1-11-15(23-16(27)22-10-17-6-13(7-17)9-28-17)24-25-26(11)8-12-2-4-14(5-3-12)18(19,20)21/h2-5,13H,6-10H2,1H3,(H2,22,23,27). The Morgan fingerprint density at radius 3 is 2.64 bits per heavy atom. The van der Waals surface area contributed by atoms with Crippen molar-refractivity contribution in [3.05, 3.63) is 41.1 Å². The molecule has 0 radical (unpaired) electrons. The van der Waals surface area contributed by atoms with Crippen molar-refractivity contribution in [3.8, 4) is 0 Å². The van der Waals surface area contributed by atoms with Crippen LogP contribution in [0.25, 0.3) is 0 Å². The molecule has 28 heavy (non-hydrogen) atoms. The number of halogens is 3. The van der Waals surface area contributed by atoms with Gasteiger partial charge in [0.15, 0.2) is 5.82 Å². The van der Waals surface area contributed by atoms with E-state index >= 15 is 0 Å². The zero-order valence-electron chi connectivity index (χ0n) is 15.2. The first-order valence-corrected chi connectivity index (χ1v) is 8.99. The maximum atomic E-state index is 12.6. The van der Waals surface area contributed by atoms with E-state index < -0.39 is 17.8 Å². The Morgan fingerprint density at radius 2 is 2.04 bits per heavy atom. The smallest absolute Gasteiger partial charge is 0.373 e. The highest BCUT2D eigenvalue weighted by Gasteiger charge is 2.51. The SMILES string of the molecule is Cc1c(NC(=O)NCC23CC(CO2)C3)nnn1Cc1ccc(C(F)(F)F)cc1. The van der Waals surface area contributed by atoms with E-state index in [1.54, 1.807) is 6.92 Å². The van der Waals surface area contributed by atoms with Crippen molar-refractivity contribution in [3.63, 3.8) is 0 Å². The van der Waals surface area contributed by atoms with Gasteiger partial charge < -0.3 is 10.1 Å². The molecule has 0 atom stereocenters. The predicted molar refractivity (Wildman–Crippen MR) is 93.7 cm³/mol. The van der Waals surface area contributed by atoms with Crippen LogP contribution in [0.1, 0.15) is 29.7 Å². The largest absolute Gasteiger partial charge is 0.416 e. The number of carbonyl (C=O) groups is 1. The molecule has 0 spiro atoms. The summed E-state index contributed by atoms with van der Waals surface area (Å²) in [5.41, 5.74) is 0.342. The van der Waals surface area contributed by atoms with E-state index in [9.17, 15) is 18.0 Å². The fourth-order valence-corrected chi connectivity index (χ4v) is 3.71. The highest BCUT2D eigenvalue weighted by Crippen LogP contribution is 2.47. The predicted octanol–water partition coefficient (Wildman–Crippen LogP) is 2.95. The van der Waals surface area contributed by atoms with Gasteiger partial charge in [-0.05, 0) is 43.4 Å². The average Bonchev–Trinajstić information content (AvgIpc) is 3.30. The summed E-state index contributed by atoms with van der Waals surface area (Å²) in [5, 5.41) is 13.4. The molecular formula is C18H20F3N5O2. The number of urea groups is 1. The number of hydrogen-bond donors (Lipinski definition) is 2. The lowest BCUT2D eigenvalue weighted by molar-refractivity contribution is -0.137. The number of carbonyl (C=O) groups excluding carboxylic acids is 1. The number of nitrogens with zero attached hydrogens (tertiary/aromatic N) is 3. The van der Waals surface area contributed by atoms with Crippen molar-refractivity contribution in [1.82, 2.24) is 20.3 Å². The van der Waals surface area contributed by atoms with E-state index in [1.807, 2.05) is 0 Å². The fraction of sp³-hybridized carbons (Fsp3) is 0.500. The van der Waals surface area contributed by atoms with Gasteiger partial charge in [-0.15, -0.1) is 5.10 Å². The second-order valence-corrected chi connectivity index (χ2v) is 7.45. The number of nitrogens with one attached hydrogen (secondary N) is 2. The molecule has 2 bridgehead atoms. The van der Waals surface area contributed by atoms with E-state index in [-0.39, 0.29) is 12.1 Å². The number of ether oxygens (including phenoxy) is 1. The average molecular weight is 395 g/mol. The number of fused-ring (bicyclic) bond motifs is 1. The molecule has 1 saturated carbocycles. The van der Waals surface area contributed by atoms with E-state index in [0.717, 1.165) is 31.6 Å². The van der Waals surface area contributed by atoms with E-state index in [0.29, 0.717) is 29.5 Å². The van der Waals surface area contributed by atoms with E-state index in [2.05, 4.69) is 20.9 Å². The molecule has 2 N–H and O–H groups in total. The maximum absolute atomic E-state index is 12.6. The molecule has 2 aliphatic heterocycles. The minimum atomic E-state index is -4.37. The molecule has 7 nitrogen and oxygen atoms in total. The van der Waals surface area contributed by atoms with Crippen LogP contribution in [0.4, 0.5) is 23.8 Å². The van der Waals surface area contributed by atoms with Crippen molar-refractivity contribution in [2.75, 3.05) is 18.5 Å². The van der Waals surface area contributed by atoms with Gasteiger partial charge in [-0.2, -0.15) is 13.2 Å². The van der Waals surface area contributed by atoms with Crippen molar-refractivity contribution in [1.29, 1.82) is 0 Å². The summed E-state index contributed by atoms with van der Waals surface area (Å²) in [5.74, 6) is 0.929. The highest BCUT2D eigenvalue weighted by atomic mass is 19.4. The van der Waals surface area contributed by atoms with E-state index in [4.69, 9.17) is 4.74 Å². The quantitative estimate of drug-likeness (QED) is 0.816. The third kappa shape index (κ3) is 3.68. The number of amides is 2. The fourth-order valence-electron chi connectivity index (χ4n) is 3.71. The van der Waals surface area contributed by atoms with Crippen molar-refractivity contribution < 1.29 is 22.7 Å². The zero-order chi connectivity index (χ0) is 19.9. The molecule has 10 heteroatoms. The van der Waals surface area contributed by atoms with Crippen LogP contribution in [0, 0.1) is 12.8 Å². The Bertz CT molecular complexity index is 867. The molecule has 0 unspecified atom stereocenters. The summed E-state index contributed by atoms with van der Waals surface area (Å²) < 4.78 is 45.1. The van der Waals surface area contributed by atoms with Crippen LogP contribution in [-0.4, -0.2) is 39.8 Å². The number of aromatic nitrogens is 3. The number of hydrogen-bond acceptors (Lipinski definition) is 4. The monoisotopic (exact) mass is 395 g/mol. The highest BCUT2D eigenvalue weighted by molar-refractivity contribution is 5.88. The third-order valence-electron chi connectivity index (χ3n) is 5.35. The second kappa shape index (κ2) is 6.77. The number of benzene rings is 1. The van der Waals surface area contributed by atoms with Crippen LogP contribution in [0.5, 0.6) is 0 Å². The lowest BCUT2D eigenvalue weighted by Gasteiger charge is -2.35. The lowest BCUT2D eigenvalue weighted by atomic mass is 9.74. The van der Waals surface area contributed by atoms with Gasteiger partial charge in [-0.3, -0.25) is 5.32 Å². The van der Waals surface area contributed by atoms with Gasteiger partial charge in [0.25, 0.3) is 0 Å². The Hall–Kier alpha value is -2.62. The molecule has 1 aromatic heterocycles. The van der Waals surface area contributed by atoms with E-state index in [1.165, 1.54) is 16.8 Å². The van der Waals surface area contributed by atoms with Gasteiger partial charge in [0.2, 0.25) is 0 Å². The molecule has 1 aromatic carbocycles. The second-order valence-electron chi connectivity index (χ2n) is 7.45. The van der Waals surface area contributed by atoms with Crippen LogP contribution in [-0.2, 0) is 17.5 Å². The van der Waals surface area contributed by atoms with Crippen LogP contribution in [0.3, 0.4) is 0 Å². The minimum Gasteiger partial charge on any atom is -0.373 e. The van der Waals surface area contributed by atoms with Crippen LogP contribution in [0.2, 0.25) is 0 Å². The number of rotatable bonds is 5. The molecule has 2 amide bonds. The van der Waals surface area contributed by atoms with Gasteiger partial charge in [0.05, 0.1) is 30.0 Å². The molecule has 3 fully saturated rings. The summed E-state index contributed by atoms with van der Waals surface area (Å²) in [6.07, 6.45) is -2.40. The van der Waals surface area contributed by atoms with Crippen LogP contribution in [0.15, 0.2) is 24.3 Å². The Balaban J connectivity index is 1.34. The van der Waals surface area contributed by atoms with Gasteiger partial charge in [0, 0.05) is 6.54 Å². The Labute approximate surface area is 159 Å². The van der Waals surface area contributed by atoms with Gasteiger partial charge in [-0.1, -0.05) is 17.3 Å². The molecule has 2 saturated heterocycles. The van der Waals surface area contributed by atoms with Crippen molar-refractivity contribution in [2.24, 2.45) is 5.92 Å². The molecule has 2 aromatic rings. The lowest BCUT2D eigenvalue weighted by Crippen LogP contribution is -2.48. The molecular weight excluding hydrogens is 375 g/mol. The van der Waals surface area contributed by atoms with Crippen molar-refractivity contribution in [2.45, 2.75) is 38.1 Å². The normalized spacial score (nSPS) is 23.4. The summed E-state index contributed by atoms with van der Waals surface area (Å²) in [6, 6.07) is 4.47. The zero-order valence-corrected chi connectivity index (χ0v) is 15.2. The molecule has 1 aliphatic carbocycles. The first-order valence-electron chi connectivity index (χ1n) is 8.99. The summed E-state index contributed by atoms with van der Waals surface area (Å²) >= 11 is 0. The third-order valence-corrected chi connectivity index (χ3v) is 5.35. The summed E-state index contributed by atoms with van der Waals surface area (Å²) in [6.45, 7) is 3.20. The van der Waals surface area contributed by atoms with Crippen molar-refractivity contribution >= 4 is 11.8 Å². The van der Waals surface area contributed by atoms with Crippen LogP contribution >= 0.6 is 0 Å². The van der Waals surface area contributed by atoms with Gasteiger partial charge >= 0.3 is 12.2 Å². The Morgan fingerprint density at radius 1 is 1.32 bits per heavy atom. The topological polar surface area (TPSA) is 81.1 Å². The summed E-state index contributed by atoms with van der Waals surface area (Å²) in [7, 11) is 0. The maximum Gasteiger partial charge on any atom is 0.416 e. The summed E-state index contributed by atoms with van der Waals surface area (Å²) in [4.78, 5) is 12.1. The number of anilines is 1. The molecule has 150 valence electrons. The molecule has 3 heterocycles. The number of alkyl halides is 3. The first kappa shape index (κ1) is 18.7. The Kier molecular flexibility index (Phi) is 4.53. The van der Waals surface area contributed by atoms with Gasteiger partial charge in [-0.25, -0.2) is 9.48 Å². The van der Waals surface area contributed by atoms with Crippen LogP contribution < -0.4 is 10.6 Å².